The Hall–Kier alpha value is -1.60. The number of carbonyl (C=O) groups is 1. The van der Waals surface area contributed by atoms with Gasteiger partial charge in [0.1, 0.15) is 5.75 Å². The van der Waals surface area contributed by atoms with E-state index in [2.05, 4.69) is 4.72 Å². The number of likely N-dealkylation sites (tertiary alicyclic amines) is 1. The van der Waals surface area contributed by atoms with Gasteiger partial charge in [0.25, 0.3) is 5.91 Å². The summed E-state index contributed by atoms with van der Waals surface area (Å²) < 4.78 is 30.5. The summed E-state index contributed by atoms with van der Waals surface area (Å²) >= 11 is 0. The van der Waals surface area contributed by atoms with Gasteiger partial charge in [-0.25, -0.2) is 13.1 Å². The van der Waals surface area contributed by atoms with Crippen LogP contribution in [0.4, 0.5) is 0 Å². The highest BCUT2D eigenvalue weighted by Gasteiger charge is 2.28. The molecule has 1 N–H and O–H groups in total. The molecular formula is C16H24N2O4S. The SMILES string of the molecule is CCOc1ccc(C(=O)N2CCCC[C@@H]2CNS(C)(=O)=O)cc1. The van der Waals surface area contributed by atoms with Crippen molar-refractivity contribution in [2.75, 3.05) is 26.0 Å². The van der Waals surface area contributed by atoms with Gasteiger partial charge in [-0.05, 0) is 50.5 Å². The summed E-state index contributed by atoms with van der Waals surface area (Å²) in [6.45, 7) is 3.41. The fourth-order valence-corrected chi connectivity index (χ4v) is 3.25. The first-order valence-corrected chi connectivity index (χ1v) is 9.78. The number of benzene rings is 1. The van der Waals surface area contributed by atoms with E-state index in [-0.39, 0.29) is 18.5 Å². The third-order valence-electron chi connectivity index (χ3n) is 3.88. The Kier molecular flexibility index (Phi) is 6.01. The van der Waals surface area contributed by atoms with Crippen LogP contribution in [0.2, 0.25) is 0 Å². The first-order chi connectivity index (χ1) is 10.9. The Balaban J connectivity index is 2.07. The van der Waals surface area contributed by atoms with Gasteiger partial charge in [0.05, 0.1) is 12.9 Å². The largest absolute Gasteiger partial charge is 0.494 e. The lowest BCUT2D eigenvalue weighted by atomic mass is 10.0. The number of rotatable bonds is 6. The number of hydrogen-bond acceptors (Lipinski definition) is 4. The highest BCUT2D eigenvalue weighted by atomic mass is 32.2. The molecule has 23 heavy (non-hydrogen) atoms. The number of carbonyl (C=O) groups excluding carboxylic acids is 1. The van der Waals surface area contributed by atoms with Crippen molar-refractivity contribution in [3.05, 3.63) is 29.8 Å². The van der Waals surface area contributed by atoms with E-state index in [1.807, 2.05) is 6.92 Å². The molecule has 0 saturated carbocycles. The van der Waals surface area contributed by atoms with Crippen LogP contribution in [0.15, 0.2) is 24.3 Å². The molecule has 0 unspecified atom stereocenters. The molecule has 1 atom stereocenters. The molecule has 7 heteroatoms. The van der Waals surface area contributed by atoms with E-state index >= 15 is 0 Å². The molecule has 128 valence electrons. The summed E-state index contributed by atoms with van der Waals surface area (Å²) in [5.41, 5.74) is 0.597. The summed E-state index contributed by atoms with van der Waals surface area (Å²) in [5.74, 6) is 0.672. The monoisotopic (exact) mass is 340 g/mol. The molecule has 0 aromatic heterocycles. The Morgan fingerprint density at radius 2 is 2.00 bits per heavy atom. The van der Waals surface area contributed by atoms with E-state index < -0.39 is 10.0 Å². The van der Waals surface area contributed by atoms with Crippen LogP contribution < -0.4 is 9.46 Å². The predicted molar refractivity (Wildman–Crippen MR) is 89.1 cm³/mol. The second kappa shape index (κ2) is 7.79. The third-order valence-corrected chi connectivity index (χ3v) is 4.57. The van der Waals surface area contributed by atoms with Crippen LogP contribution in [0, 0.1) is 0 Å². The molecule has 1 aliphatic rings. The van der Waals surface area contributed by atoms with Crippen LogP contribution in [-0.4, -0.2) is 51.2 Å². The molecule has 0 spiro atoms. The Bertz CT molecular complexity index is 628. The number of nitrogens with zero attached hydrogens (tertiary/aromatic N) is 1. The van der Waals surface area contributed by atoms with Crippen LogP contribution in [0.3, 0.4) is 0 Å². The first kappa shape index (κ1) is 17.7. The van der Waals surface area contributed by atoms with Gasteiger partial charge in [-0.1, -0.05) is 0 Å². The highest BCUT2D eigenvalue weighted by Crippen LogP contribution is 2.21. The average Bonchev–Trinajstić information content (AvgIpc) is 2.53. The molecule has 1 aromatic carbocycles. The Morgan fingerprint density at radius 3 is 2.61 bits per heavy atom. The molecule has 0 bridgehead atoms. The topological polar surface area (TPSA) is 75.7 Å². The van der Waals surface area contributed by atoms with E-state index in [9.17, 15) is 13.2 Å². The minimum absolute atomic E-state index is 0.0620. The first-order valence-electron chi connectivity index (χ1n) is 7.89. The minimum Gasteiger partial charge on any atom is -0.494 e. The van der Waals surface area contributed by atoms with Gasteiger partial charge in [-0.2, -0.15) is 0 Å². The Labute approximate surface area is 137 Å². The summed E-state index contributed by atoms with van der Waals surface area (Å²) in [6, 6.07) is 6.97. The average molecular weight is 340 g/mol. The summed E-state index contributed by atoms with van der Waals surface area (Å²) in [4.78, 5) is 14.5. The number of nitrogens with one attached hydrogen (secondary N) is 1. The summed E-state index contributed by atoms with van der Waals surface area (Å²) in [7, 11) is -3.25. The molecule has 1 aromatic rings. The molecule has 1 amide bonds. The molecule has 6 nitrogen and oxygen atoms in total. The maximum absolute atomic E-state index is 12.7. The van der Waals surface area contributed by atoms with Gasteiger partial charge in [0, 0.05) is 24.7 Å². The second-order valence-electron chi connectivity index (χ2n) is 5.73. The lowest BCUT2D eigenvalue weighted by Gasteiger charge is -2.35. The summed E-state index contributed by atoms with van der Waals surface area (Å²) in [5, 5.41) is 0. The van der Waals surface area contributed by atoms with E-state index in [0.717, 1.165) is 31.3 Å². The van der Waals surface area contributed by atoms with Gasteiger partial charge < -0.3 is 9.64 Å². The maximum atomic E-state index is 12.7. The molecule has 2 rings (SSSR count). The van der Waals surface area contributed by atoms with Gasteiger partial charge in [-0.15, -0.1) is 0 Å². The van der Waals surface area contributed by atoms with Crippen molar-refractivity contribution >= 4 is 15.9 Å². The molecule has 1 heterocycles. The quantitative estimate of drug-likeness (QED) is 0.854. The van der Waals surface area contributed by atoms with Gasteiger partial charge >= 0.3 is 0 Å². The molecule has 1 fully saturated rings. The summed E-state index contributed by atoms with van der Waals surface area (Å²) in [6.07, 6.45) is 3.89. The second-order valence-corrected chi connectivity index (χ2v) is 7.56. The zero-order chi connectivity index (χ0) is 16.9. The molecule has 1 aliphatic heterocycles. The fourth-order valence-electron chi connectivity index (χ4n) is 2.75. The van der Waals surface area contributed by atoms with Crippen LogP contribution in [0.1, 0.15) is 36.5 Å². The van der Waals surface area contributed by atoms with Crippen LogP contribution >= 0.6 is 0 Å². The molecule has 1 saturated heterocycles. The number of hydrogen-bond donors (Lipinski definition) is 1. The zero-order valence-electron chi connectivity index (χ0n) is 13.6. The van der Waals surface area contributed by atoms with Crippen molar-refractivity contribution in [3.63, 3.8) is 0 Å². The molecule has 0 aliphatic carbocycles. The number of ether oxygens (including phenoxy) is 1. The predicted octanol–water partition coefficient (Wildman–Crippen LogP) is 1.63. The van der Waals surface area contributed by atoms with Crippen LogP contribution in [0.25, 0.3) is 0 Å². The number of amides is 1. The minimum atomic E-state index is -3.25. The van der Waals surface area contributed by atoms with Crippen molar-refractivity contribution in [2.24, 2.45) is 0 Å². The van der Waals surface area contributed by atoms with E-state index in [1.165, 1.54) is 0 Å². The standard InChI is InChI=1S/C16H24N2O4S/c1-3-22-15-9-7-13(8-10-15)16(19)18-11-5-4-6-14(18)12-17-23(2,20)21/h7-10,14,17H,3-6,11-12H2,1-2H3/t14-/m1/s1. The third kappa shape index (κ3) is 5.21. The maximum Gasteiger partial charge on any atom is 0.254 e. The van der Waals surface area contributed by atoms with Crippen molar-refractivity contribution in [1.82, 2.24) is 9.62 Å². The van der Waals surface area contributed by atoms with Gasteiger partial charge in [-0.3, -0.25) is 4.79 Å². The lowest BCUT2D eigenvalue weighted by Crippen LogP contribution is -2.49. The normalized spacial score (nSPS) is 18.7. The highest BCUT2D eigenvalue weighted by molar-refractivity contribution is 7.88. The molecular weight excluding hydrogens is 316 g/mol. The van der Waals surface area contributed by atoms with Crippen molar-refractivity contribution in [2.45, 2.75) is 32.2 Å². The number of sulfonamides is 1. The zero-order valence-corrected chi connectivity index (χ0v) is 14.4. The lowest BCUT2D eigenvalue weighted by molar-refractivity contribution is 0.0619. The van der Waals surface area contributed by atoms with E-state index in [0.29, 0.717) is 18.7 Å². The van der Waals surface area contributed by atoms with E-state index in [1.54, 1.807) is 29.2 Å². The van der Waals surface area contributed by atoms with Gasteiger partial charge in [0.15, 0.2) is 0 Å². The van der Waals surface area contributed by atoms with Crippen LogP contribution in [-0.2, 0) is 10.0 Å². The van der Waals surface area contributed by atoms with Crippen molar-refractivity contribution < 1.29 is 17.9 Å². The van der Waals surface area contributed by atoms with Gasteiger partial charge in [0.2, 0.25) is 10.0 Å². The smallest absolute Gasteiger partial charge is 0.254 e. The number of piperidine rings is 1. The van der Waals surface area contributed by atoms with E-state index in [4.69, 9.17) is 4.74 Å². The van der Waals surface area contributed by atoms with Crippen molar-refractivity contribution in [3.8, 4) is 5.75 Å². The fraction of sp³-hybridized carbons (Fsp3) is 0.562. The molecule has 0 radical (unpaired) electrons. The van der Waals surface area contributed by atoms with Crippen LogP contribution in [0.5, 0.6) is 5.75 Å². The Morgan fingerprint density at radius 1 is 1.30 bits per heavy atom. The van der Waals surface area contributed by atoms with Crippen molar-refractivity contribution in [1.29, 1.82) is 0 Å².